The fraction of sp³-hybridized carbons (Fsp3) is 0.929. The van der Waals surface area contributed by atoms with E-state index < -0.39 is 37.7 Å². The van der Waals surface area contributed by atoms with Crippen LogP contribution in [0, 0.1) is 0 Å². The van der Waals surface area contributed by atoms with Crippen molar-refractivity contribution < 1.29 is 23.8 Å². The maximum absolute atomic E-state index is 11.3. The van der Waals surface area contributed by atoms with Crippen LogP contribution in [0.25, 0.3) is 0 Å². The van der Waals surface area contributed by atoms with Crippen molar-refractivity contribution in [2.24, 2.45) is 0 Å². The third-order valence-corrected chi connectivity index (χ3v) is 9.07. The first-order valence-electron chi connectivity index (χ1n) is 7.13. The molecule has 1 aliphatic rings. The molecule has 0 amide bonds. The molecule has 0 radical (unpaired) electrons. The molecular weight excluding hydrogens is 312 g/mol. The second-order valence-corrected chi connectivity index (χ2v) is 12.7. The highest BCUT2D eigenvalue weighted by atomic mass is 35.5. The van der Waals surface area contributed by atoms with E-state index in [0.717, 1.165) is 0 Å². The average Bonchev–Trinajstić information content (AvgIpc) is 2.63. The molecular formula is C14H27ClO5Si. The molecule has 21 heavy (non-hydrogen) atoms. The highest BCUT2D eigenvalue weighted by Gasteiger charge is 2.48. The van der Waals surface area contributed by atoms with Crippen LogP contribution in [0.4, 0.5) is 0 Å². The average molecular weight is 339 g/mol. The summed E-state index contributed by atoms with van der Waals surface area (Å²) in [5, 5.41) is 8.04. The first-order valence-corrected chi connectivity index (χ1v) is 10.5. The Morgan fingerprint density at radius 1 is 1.43 bits per heavy atom. The van der Waals surface area contributed by atoms with Crippen molar-refractivity contribution in [3.8, 4) is 0 Å². The number of alkyl halides is 1. The SMILES string of the molecule is CC1(C)OCC([C@@H](O[Si](C)(C)C(C)(C)C)C(Cl)C(=O)O)O1. The minimum absolute atomic E-state index is 0.0463. The number of carboxylic acids is 1. The Kier molecular flexibility index (Phi) is 5.55. The van der Waals surface area contributed by atoms with Crippen LogP contribution in [0.2, 0.25) is 18.1 Å². The summed E-state index contributed by atoms with van der Waals surface area (Å²) in [5.74, 6) is -1.84. The number of carboxylic acid groups (broad SMARTS) is 1. The van der Waals surface area contributed by atoms with Crippen LogP contribution in [-0.2, 0) is 18.7 Å². The lowest BCUT2D eigenvalue weighted by Gasteiger charge is -2.41. The van der Waals surface area contributed by atoms with E-state index in [1.54, 1.807) is 13.8 Å². The van der Waals surface area contributed by atoms with Gasteiger partial charge in [0.1, 0.15) is 12.2 Å². The largest absolute Gasteiger partial charge is 0.480 e. The molecule has 1 fully saturated rings. The highest BCUT2D eigenvalue weighted by Crippen LogP contribution is 2.39. The maximum Gasteiger partial charge on any atom is 0.324 e. The Bertz CT molecular complexity index is 391. The number of hydrogen-bond acceptors (Lipinski definition) is 4. The molecule has 0 aromatic heterocycles. The lowest BCUT2D eigenvalue weighted by atomic mass is 10.1. The fourth-order valence-corrected chi connectivity index (χ4v) is 3.48. The maximum atomic E-state index is 11.3. The second-order valence-electron chi connectivity index (χ2n) is 7.45. The van der Waals surface area contributed by atoms with Gasteiger partial charge in [0, 0.05) is 0 Å². The van der Waals surface area contributed by atoms with Gasteiger partial charge in [0.15, 0.2) is 19.5 Å². The van der Waals surface area contributed by atoms with Gasteiger partial charge in [-0.05, 0) is 32.0 Å². The number of aliphatic carboxylic acids is 1. The van der Waals surface area contributed by atoms with Gasteiger partial charge in [-0.3, -0.25) is 4.79 Å². The summed E-state index contributed by atoms with van der Waals surface area (Å²) in [4.78, 5) is 11.3. The molecule has 0 saturated carbocycles. The van der Waals surface area contributed by atoms with Gasteiger partial charge < -0.3 is 19.0 Å². The normalized spacial score (nSPS) is 25.6. The van der Waals surface area contributed by atoms with Crippen molar-refractivity contribution >= 4 is 25.9 Å². The summed E-state index contributed by atoms with van der Waals surface area (Å²) in [5.41, 5.74) is 0. The van der Waals surface area contributed by atoms with Crippen molar-refractivity contribution in [1.29, 1.82) is 0 Å². The molecule has 124 valence electrons. The highest BCUT2D eigenvalue weighted by molar-refractivity contribution is 6.74. The zero-order valence-electron chi connectivity index (χ0n) is 13.9. The van der Waals surface area contributed by atoms with Gasteiger partial charge in [-0.2, -0.15) is 0 Å². The summed E-state index contributed by atoms with van der Waals surface area (Å²) < 4.78 is 17.5. The predicted molar refractivity (Wildman–Crippen MR) is 84.3 cm³/mol. The predicted octanol–water partition coefficient (Wildman–Crippen LogP) is 3.22. The van der Waals surface area contributed by atoms with Crippen molar-refractivity contribution in [1.82, 2.24) is 0 Å². The number of hydrogen-bond donors (Lipinski definition) is 1. The van der Waals surface area contributed by atoms with Gasteiger partial charge in [-0.1, -0.05) is 20.8 Å². The monoisotopic (exact) mass is 338 g/mol. The quantitative estimate of drug-likeness (QED) is 0.616. The summed E-state index contributed by atoms with van der Waals surface area (Å²) in [7, 11) is -2.17. The van der Waals surface area contributed by atoms with E-state index in [1.807, 2.05) is 0 Å². The first-order chi connectivity index (χ1) is 9.27. The van der Waals surface area contributed by atoms with Crippen LogP contribution in [0.15, 0.2) is 0 Å². The third-order valence-electron chi connectivity index (χ3n) is 4.16. The number of halogens is 1. The Labute approximate surface area is 133 Å². The first kappa shape index (κ1) is 18.9. The minimum Gasteiger partial charge on any atom is -0.480 e. The zero-order chi connectivity index (χ0) is 16.6. The summed E-state index contributed by atoms with van der Waals surface area (Å²) >= 11 is 6.07. The van der Waals surface area contributed by atoms with E-state index in [0.29, 0.717) is 0 Å². The molecule has 0 aromatic rings. The van der Waals surface area contributed by atoms with Crippen LogP contribution in [0.5, 0.6) is 0 Å². The molecule has 0 aliphatic carbocycles. The molecule has 0 bridgehead atoms. The van der Waals surface area contributed by atoms with Gasteiger partial charge in [0.25, 0.3) is 0 Å². The Morgan fingerprint density at radius 3 is 2.29 bits per heavy atom. The van der Waals surface area contributed by atoms with Gasteiger partial charge >= 0.3 is 5.97 Å². The van der Waals surface area contributed by atoms with E-state index in [1.165, 1.54) is 0 Å². The van der Waals surface area contributed by atoms with Crippen molar-refractivity contribution in [3.63, 3.8) is 0 Å². The summed E-state index contributed by atoms with van der Waals surface area (Å²) in [6.07, 6.45) is -1.21. The van der Waals surface area contributed by atoms with Crippen molar-refractivity contribution in [2.75, 3.05) is 6.61 Å². The Morgan fingerprint density at radius 2 is 1.95 bits per heavy atom. The molecule has 0 aromatic carbocycles. The zero-order valence-corrected chi connectivity index (χ0v) is 15.7. The second kappa shape index (κ2) is 6.16. The molecule has 2 unspecified atom stereocenters. The molecule has 5 nitrogen and oxygen atoms in total. The van der Waals surface area contributed by atoms with Crippen LogP contribution < -0.4 is 0 Å². The van der Waals surface area contributed by atoms with E-state index in [2.05, 4.69) is 33.9 Å². The topological polar surface area (TPSA) is 65.0 Å². The molecule has 1 saturated heterocycles. The van der Waals surface area contributed by atoms with Crippen LogP contribution in [0.1, 0.15) is 34.6 Å². The Hall–Kier alpha value is -0.143. The van der Waals surface area contributed by atoms with E-state index >= 15 is 0 Å². The van der Waals surface area contributed by atoms with Crippen molar-refractivity contribution in [2.45, 2.75) is 76.1 Å². The van der Waals surface area contributed by atoms with E-state index in [-0.39, 0.29) is 11.6 Å². The van der Waals surface area contributed by atoms with Crippen LogP contribution in [0.3, 0.4) is 0 Å². The smallest absolute Gasteiger partial charge is 0.324 e. The van der Waals surface area contributed by atoms with E-state index in [4.69, 9.17) is 25.5 Å². The Balaban J connectivity index is 2.97. The lowest BCUT2D eigenvalue weighted by Crippen LogP contribution is -2.52. The fourth-order valence-electron chi connectivity index (χ4n) is 1.86. The third kappa shape index (κ3) is 4.66. The van der Waals surface area contributed by atoms with Crippen LogP contribution in [-0.4, -0.2) is 49.4 Å². The molecule has 1 rings (SSSR count). The summed E-state index contributed by atoms with van der Waals surface area (Å²) in [6, 6.07) is 0. The summed E-state index contributed by atoms with van der Waals surface area (Å²) in [6.45, 7) is 14.3. The molecule has 3 atom stereocenters. The van der Waals surface area contributed by atoms with Crippen LogP contribution >= 0.6 is 11.6 Å². The molecule has 1 heterocycles. The van der Waals surface area contributed by atoms with Crippen molar-refractivity contribution in [3.05, 3.63) is 0 Å². The van der Waals surface area contributed by atoms with Gasteiger partial charge in [0.05, 0.1) is 6.61 Å². The standard InChI is InChI=1S/C14H27ClO5Si/c1-13(2,3)21(6,7)20-11(10(15)12(16)17)9-8-18-14(4,5)19-9/h9-11H,8H2,1-7H3,(H,16,17)/t9?,10?,11-/m1/s1. The van der Waals surface area contributed by atoms with Gasteiger partial charge in [-0.25, -0.2) is 0 Å². The molecule has 1 N–H and O–H groups in total. The lowest BCUT2D eigenvalue weighted by molar-refractivity contribution is -0.155. The van der Waals surface area contributed by atoms with Gasteiger partial charge in [-0.15, -0.1) is 11.6 Å². The number of ether oxygens (including phenoxy) is 2. The molecule has 7 heteroatoms. The molecule has 0 spiro atoms. The van der Waals surface area contributed by atoms with Gasteiger partial charge in [0.2, 0.25) is 0 Å². The molecule has 1 aliphatic heterocycles. The number of carbonyl (C=O) groups is 1. The van der Waals surface area contributed by atoms with E-state index in [9.17, 15) is 9.90 Å². The number of rotatable bonds is 5. The minimum atomic E-state index is -2.17.